The highest BCUT2D eigenvalue weighted by atomic mass is 127. The molecule has 7 heteroatoms. The van der Waals surface area contributed by atoms with Crippen LogP contribution in [0.2, 0.25) is 0 Å². The van der Waals surface area contributed by atoms with E-state index in [0.29, 0.717) is 26.3 Å². The molecular formula is C20H17IN2O4. The van der Waals surface area contributed by atoms with E-state index in [0.717, 1.165) is 5.56 Å². The normalized spacial score (nSPS) is 10.7. The van der Waals surface area contributed by atoms with Gasteiger partial charge in [-0.2, -0.15) is 5.26 Å². The maximum Gasteiger partial charge on any atom is 0.308 e. The number of aryl methyl sites for hydroxylation is 1. The van der Waals surface area contributed by atoms with E-state index in [2.05, 4.69) is 5.32 Å². The molecule has 0 saturated carbocycles. The number of methoxy groups -OCH3 is 1. The van der Waals surface area contributed by atoms with Crippen LogP contribution in [0.1, 0.15) is 18.1 Å². The van der Waals surface area contributed by atoms with Crippen LogP contribution in [0, 0.1) is 21.8 Å². The van der Waals surface area contributed by atoms with E-state index in [1.807, 2.05) is 47.7 Å². The molecule has 0 saturated heterocycles. The van der Waals surface area contributed by atoms with E-state index in [9.17, 15) is 14.9 Å². The molecule has 2 rings (SSSR count). The average Bonchev–Trinajstić information content (AvgIpc) is 2.63. The van der Waals surface area contributed by atoms with Crippen molar-refractivity contribution in [3.05, 3.63) is 56.7 Å². The van der Waals surface area contributed by atoms with Crippen LogP contribution in [0.4, 0.5) is 5.69 Å². The summed E-state index contributed by atoms with van der Waals surface area (Å²) in [5.74, 6) is -0.353. The number of amides is 1. The van der Waals surface area contributed by atoms with Gasteiger partial charge in [-0.05, 0) is 65.4 Å². The van der Waals surface area contributed by atoms with E-state index in [1.54, 1.807) is 24.3 Å². The van der Waals surface area contributed by atoms with Crippen LogP contribution in [0.3, 0.4) is 0 Å². The van der Waals surface area contributed by atoms with Gasteiger partial charge in [0.1, 0.15) is 11.6 Å². The Morgan fingerprint density at radius 1 is 1.22 bits per heavy atom. The number of anilines is 1. The van der Waals surface area contributed by atoms with Crippen molar-refractivity contribution in [2.75, 3.05) is 12.4 Å². The van der Waals surface area contributed by atoms with E-state index in [1.165, 1.54) is 20.1 Å². The number of ether oxygens (including phenoxy) is 2. The lowest BCUT2D eigenvalue weighted by Gasteiger charge is -2.11. The van der Waals surface area contributed by atoms with Crippen molar-refractivity contribution < 1.29 is 19.1 Å². The van der Waals surface area contributed by atoms with Gasteiger partial charge in [0.05, 0.1) is 10.7 Å². The molecule has 0 spiro atoms. The fraction of sp³-hybridized carbons (Fsp3) is 0.150. The molecule has 1 N–H and O–H groups in total. The van der Waals surface area contributed by atoms with Gasteiger partial charge in [0.2, 0.25) is 0 Å². The van der Waals surface area contributed by atoms with E-state index in [-0.39, 0.29) is 5.57 Å². The summed E-state index contributed by atoms with van der Waals surface area (Å²) >= 11 is 2.00. The highest BCUT2D eigenvalue weighted by Gasteiger charge is 2.15. The molecule has 0 unspecified atom stereocenters. The molecule has 2 aromatic rings. The van der Waals surface area contributed by atoms with Gasteiger partial charge in [-0.25, -0.2) is 0 Å². The number of halogens is 1. The standard InChI is InChI=1S/C20H17IN2O4/c1-12-4-6-16(7-5-12)23-20(25)15(11-22)8-14-9-17(21)19(27-13(2)24)18(10-14)26-3/h4-10H,1-3H3,(H,23,25). The first-order valence-electron chi connectivity index (χ1n) is 7.89. The summed E-state index contributed by atoms with van der Waals surface area (Å²) in [4.78, 5) is 23.6. The monoisotopic (exact) mass is 476 g/mol. The first-order chi connectivity index (χ1) is 12.8. The number of nitrogens with one attached hydrogen (secondary N) is 1. The topological polar surface area (TPSA) is 88.4 Å². The smallest absolute Gasteiger partial charge is 0.308 e. The minimum absolute atomic E-state index is 0.0614. The number of benzene rings is 2. The molecular weight excluding hydrogens is 459 g/mol. The Balaban J connectivity index is 2.32. The minimum atomic E-state index is -0.514. The first-order valence-corrected chi connectivity index (χ1v) is 8.97. The number of carbonyl (C=O) groups is 2. The van der Waals surface area contributed by atoms with E-state index < -0.39 is 11.9 Å². The number of nitriles is 1. The molecule has 0 radical (unpaired) electrons. The molecule has 0 aliphatic heterocycles. The van der Waals surface area contributed by atoms with Crippen LogP contribution < -0.4 is 14.8 Å². The van der Waals surface area contributed by atoms with Crippen molar-refractivity contribution in [3.8, 4) is 17.6 Å². The highest BCUT2D eigenvalue weighted by Crippen LogP contribution is 2.34. The molecule has 6 nitrogen and oxygen atoms in total. The summed E-state index contributed by atoms with van der Waals surface area (Å²) < 4.78 is 11.0. The second-order valence-corrected chi connectivity index (χ2v) is 6.78. The Bertz CT molecular complexity index is 944. The average molecular weight is 476 g/mol. The van der Waals surface area contributed by atoms with Crippen LogP contribution in [0.25, 0.3) is 6.08 Å². The summed E-state index contributed by atoms with van der Waals surface area (Å²) in [5.41, 5.74) is 2.18. The van der Waals surface area contributed by atoms with Crippen molar-refractivity contribution in [2.45, 2.75) is 13.8 Å². The van der Waals surface area contributed by atoms with Gasteiger partial charge in [-0.1, -0.05) is 17.7 Å². The van der Waals surface area contributed by atoms with Crippen LogP contribution in [0.15, 0.2) is 42.0 Å². The Morgan fingerprint density at radius 2 is 1.89 bits per heavy atom. The number of hydrogen-bond donors (Lipinski definition) is 1. The third-order valence-electron chi connectivity index (χ3n) is 3.48. The van der Waals surface area contributed by atoms with Crippen LogP contribution in [-0.4, -0.2) is 19.0 Å². The van der Waals surface area contributed by atoms with Gasteiger partial charge in [-0.15, -0.1) is 0 Å². The van der Waals surface area contributed by atoms with Crippen molar-refractivity contribution in [3.63, 3.8) is 0 Å². The van der Waals surface area contributed by atoms with Gasteiger partial charge in [0.15, 0.2) is 11.5 Å². The van der Waals surface area contributed by atoms with E-state index >= 15 is 0 Å². The van der Waals surface area contributed by atoms with Gasteiger partial charge < -0.3 is 14.8 Å². The van der Waals surface area contributed by atoms with Crippen LogP contribution in [0.5, 0.6) is 11.5 Å². The zero-order valence-electron chi connectivity index (χ0n) is 15.0. The molecule has 0 aliphatic rings. The minimum Gasteiger partial charge on any atom is -0.493 e. The number of esters is 1. The van der Waals surface area contributed by atoms with Gasteiger partial charge in [0, 0.05) is 12.6 Å². The zero-order valence-corrected chi connectivity index (χ0v) is 17.2. The molecule has 0 fully saturated rings. The zero-order chi connectivity index (χ0) is 20.0. The second-order valence-electron chi connectivity index (χ2n) is 5.62. The number of rotatable bonds is 5. The Kier molecular flexibility index (Phi) is 6.96. The van der Waals surface area contributed by atoms with Gasteiger partial charge in [-0.3, -0.25) is 9.59 Å². The first kappa shape index (κ1) is 20.5. The molecule has 138 valence electrons. The maximum atomic E-state index is 12.4. The molecule has 0 heterocycles. The molecule has 1 amide bonds. The quantitative estimate of drug-likeness (QED) is 0.231. The van der Waals surface area contributed by atoms with Gasteiger partial charge in [0.25, 0.3) is 5.91 Å². The molecule has 0 atom stereocenters. The van der Waals surface area contributed by atoms with Crippen molar-refractivity contribution in [1.82, 2.24) is 0 Å². The Morgan fingerprint density at radius 3 is 2.44 bits per heavy atom. The SMILES string of the molecule is COc1cc(C=C(C#N)C(=O)Nc2ccc(C)cc2)cc(I)c1OC(C)=O. The molecule has 27 heavy (non-hydrogen) atoms. The molecule has 0 bridgehead atoms. The molecule has 0 aliphatic carbocycles. The van der Waals surface area contributed by atoms with Crippen LogP contribution in [-0.2, 0) is 9.59 Å². The van der Waals surface area contributed by atoms with E-state index in [4.69, 9.17) is 9.47 Å². The predicted octanol–water partition coefficient (Wildman–Crippen LogP) is 4.08. The second kappa shape index (κ2) is 9.19. The summed E-state index contributed by atoms with van der Waals surface area (Å²) in [7, 11) is 1.45. The fourth-order valence-electron chi connectivity index (χ4n) is 2.22. The number of hydrogen-bond acceptors (Lipinski definition) is 5. The summed E-state index contributed by atoms with van der Waals surface area (Å²) in [6.45, 7) is 3.24. The highest BCUT2D eigenvalue weighted by molar-refractivity contribution is 14.1. The third-order valence-corrected chi connectivity index (χ3v) is 4.28. The molecule has 0 aromatic heterocycles. The summed E-state index contributed by atoms with van der Waals surface area (Å²) in [6, 6.07) is 12.5. The number of carbonyl (C=O) groups excluding carboxylic acids is 2. The van der Waals surface area contributed by atoms with Crippen molar-refractivity contribution in [1.29, 1.82) is 5.26 Å². The van der Waals surface area contributed by atoms with Crippen LogP contribution >= 0.6 is 22.6 Å². The Hall–Kier alpha value is -2.86. The van der Waals surface area contributed by atoms with Crippen molar-refractivity contribution >= 4 is 46.2 Å². The Labute approximate surface area is 170 Å². The number of nitrogens with zero attached hydrogens (tertiary/aromatic N) is 1. The van der Waals surface area contributed by atoms with Gasteiger partial charge >= 0.3 is 5.97 Å². The maximum absolute atomic E-state index is 12.4. The predicted molar refractivity (Wildman–Crippen MR) is 110 cm³/mol. The fourth-order valence-corrected chi connectivity index (χ4v) is 2.95. The molecule has 2 aromatic carbocycles. The summed E-state index contributed by atoms with van der Waals surface area (Å²) in [6.07, 6.45) is 1.45. The largest absolute Gasteiger partial charge is 0.493 e. The lowest BCUT2D eigenvalue weighted by Crippen LogP contribution is -2.13. The lowest BCUT2D eigenvalue weighted by molar-refractivity contribution is -0.132. The summed E-state index contributed by atoms with van der Waals surface area (Å²) in [5, 5.41) is 12.1. The van der Waals surface area contributed by atoms with Crippen molar-refractivity contribution in [2.24, 2.45) is 0 Å². The lowest BCUT2D eigenvalue weighted by atomic mass is 10.1. The third kappa shape index (κ3) is 5.56.